The Labute approximate surface area is 111 Å². The highest BCUT2D eigenvalue weighted by molar-refractivity contribution is 8.00. The van der Waals surface area contributed by atoms with E-state index in [1.54, 1.807) is 11.3 Å². The van der Waals surface area contributed by atoms with Gasteiger partial charge in [0.15, 0.2) is 0 Å². The smallest absolute Gasteiger partial charge is 0.0931 e. The van der Waals surface area contributed by atoms with Crippen LogP contribution in [0.15, 0.2) is 12.1 Å². The summed E-state index contributed by atoms with van der Waals surface area (Å²) in [4.78, 5) is 1.40. The molecule has 1 aliphatic heterocycles. The van der Waals surface area contributed by atoms with Gasteiger partial charge in [-0.25, -0.2) is 0 Å². The number of halogens is 1. The van der Waals surface area contributed by atoms with E-state index in [4.69, 9.17) is 11.6 Å². The first-order chi connectivity index (χ1) is 7.79. The highest BCUT2D eigenvalue weighted by Crippen LogP contribution is 2.30. The third kappa shape index (κ3) is 3.39. The molecule has 1 N–H and O–H groups in total. The zero-order chi connectivity index (χ0) is 11.4. The number of thiophene rings is 1. The maximum atomic E-state index is 5.97. The Morgan fingerprint density at radius 3 is 2.94 bits per heavy atom. The molecule has 0 amide bonds. The van der Waals surface area contributed by atoms with Crippen molar-refractivity contribution in [3.8, 4) is 0 Å². The van der Waals surface area contributed by atoms with Gasteiger partial charge in [0.1, 0.15) is 0 Å². The summed E-state index contributed by atoms with van der Waals surface area (Å²) in [5, 5.41) is 4.25. The zero-order valence-electron chi connectivity index (χ0n) is 9.54. The molecule has 0 spiro atoms. The Morgan fingerprint density at radius 2 is 2.38 bits per heavy atom. The molecule has 1 fully saturated rings. The minimum absolute atomic E-state index is 0.597. The first-order valence-electron chi connectivity index (χ1n) is 5.82. The summed E-state index contributed by atoms with van der Waals surface area (Å²) in [5.74, 6) is 1.33. The van der Waals surface area contributed by atoms with E-state index in [-0.39, 0.29) is 0 Å². The van der Waals surface area contributed by atoms with Gasteiger partial charge < -0.3 is 5.32 Å². The molecule has 1 aromatic rings. The van der Waals surface area contributed by atoms with Crippen molar-refractivity contribution in [3.05, 3.63) is 21.3 Å². The highest BCUT2D eigenvalue weighted by Gasteiger charge is 2.23. The van der Waals surface area contributed by atoms with E-state index in [1.807, 2.05) is 6.07 Å². The molecule has 16 heavy (non-hydrogen) atoms. The lowest BCUT2D eigenvalue weighted by atomic mass is 10.0. The minimum Gasteiger partial charge on any atom is -0.316 e. The number of hydrogen-bond acceptors (Lipinski definition) is 3. The number of nitrogens with one attached hydrogen (secondary N) is 1. The molecule has 1 saturated heterocycles. The van der Waals surface area contributed by atoms with E-state index in [0.717, 1.165) is 16.0 Å². The van der Waals surface area contributed by atoms with Crippen molar-refractivity contribution in [2.45, 2.75) is 37.0 Å². The average Bonchev–Trinajstić information content (AvgIpc) is 2.73. The molecule has 2 heterocycles. The van der Waals surface area contributed by atoms with Crippen LogP contribution in [0.1, 0.15) is 24.1 Å². The van der Waals surface area contributed by atoms with Crippen LogP contribution in [-0.2, 0) is 6.42 Å². The van der Waals surface area contributed by atoms with Gasteiger partial charge in [0, 0.05) is 16.2 Å². The Kier molecular flexibility index (Phi) is 5.01. The molecule has 0 bridgehead atoms. The molecule has 0 aliphatic carbocycles. The topological polar surface area (TPSA) is 12.0 Å². The second-order valence-corrected chi connectivity index (χ2v) is 7.36. The Bertz CT molecular complexity index is 321. The minimum atomic E-state index is 0.597. The molecule has 0 aromatic carbocycles. The molecule has 1 aliphatic rings. The van der Waals surface area contributed by atoms with Gasteiger partial charge in [-0.2, -0.15) is 11.8 Å². The lowest BCUT2D eigenvalue weighted by molar-refractivity contribution is 0.497. The molecule has 2 atom stereocenters. The van der Waals surface area contributed by atoms with Gasteiger partial charge in [-0.1, -0.05) is 18.0 Å². The SMILES string of the molecule is CNC(Cc1ccc(Cl)s1)C1CCCCS1. The monoisotopic (exact) mass is 275 g/mol. The predicted molar refractivity (Wildman–Crippen MR) is 76.0 cm³/mol. The van der Waals surface area contributed by atoms with E-state index in [1.165, 1.54) is 29.9 Å². The first kappa shape index (κ1) is 12.7. The van der Waals surface area contributed by atoms with Crippen molar-refractivity contribution in [3.63, 3.8) is 0 Å². The molecule has 2 unspecified atom stereocenters. The van der Waals surface area contributed by atoms with E-state index in [9.17, 15) is 0 Å². The fourth-order valence-electron chi connectivity index (χ4n) is 2.18. The molecular weight excluding hydrogens is 258 g/mol. The zero-order valence-corrected chi connectivity index (χ0v) is 11.9. The van der Waals surface area contributed by atoms with Crippen molar-refractivity contribution < 1.29 is 0 Å². The van der Waals surface area contributed by atoms with Gasteiger partial charge in [0.25, 0.3) is 0 Å². The van der Waals surface area contributed by atoms with Crippen molar-refractivity contribution in [1.29, 1.82) is 0 Å². The van der Waals surface area contributed by atoms with E-state index >= 15 is 0 Å². The second kappa shape index (κ2) is 6.29. The fraction of sp³-hybridized carbons (Fsp3) is 0.667. The second-order valence-electron chi connectivity index (χ2n) is 4.21. The van der Waals surface area contributed by atoms with Gasteiger partial charge in [0.05, 0.1) is 4.34 Å². The van der Waals surface area contributed by atoms with E-state index in [0.29, 0.717) is 6.04 Å². The van der Waals surface area contributed by atoms with E-state index < -0.39 is 0 Å². The maximum Gasteiger partial charge on any atom is 0.0931 e. The summed E-state index contributed by atoms with van der Waals surface area (Å²) in [7, 11) is 2.08. The van der Waals surface area contributed by atoms with Gasteiger partial charge in [-0.3, -0.25) is 0 Å². The lowest BCUT2D eigenvalue weighted by Crippen LogP contribution is -2.38. The number of rotatable bonds is 4. The van der Waals surface area contributed by atoms with Gasteiger partial charge in [-0.05, 0) is 44.2 Å². The summed E-state index contributed by atoms with van der Waals surface area (Å²) in [6, 6.07) is 4.76. The van der Waals surface area contributed by atoms with Gasteiger partial charge in [-0.15, -0.1) is 11.3 Å². The van der Waals surface area contributed by atoms with Crippen molar-refractivity contribution in [1.82, 2.24) is 5.32 Å². The van der Waals surface area contributed by atoms with Crippen molar-refractivity contribution >= 4 is 34.7 Å². The molecular formula is C12H18ClNS2. The number of hydrogen-bond donors (Lipinski definition) is 1. The molecule has 4 heteroatoms. The highest BCUT2D eigenvalue weighted by atomic mass is 35.5. The van der Waals surface area contributed by atoms with Crippen molar-refractivity contribution in [2.24, 2.45) is 0 Å². The van der Waals surface area contributed by atoms with Crippen LogP contribution >= 0.6 is 34.7 Å². The Hall–Kier alpha value is 0.300. The van der Waals surface area contributed by atoms with Crippen molar-refractivity contribution in [2.75, 3.05) is 12.8 Å². The largest absolute Gasteiger partial charge is 0.316 e. The van der Waals surface area contributed by atoms with Gasteiger partial charge >= 0.3 is 0 Å². The maximum absolute atomic E-state index is 5.97. The molecule has 2 rings (SSSR count). The van der Waals surface area contributed by atoms with Gasteiger partial charge in [0.2, 0.25) is 0 Å². The molecule has 1 aromatic heterocycles. The first-order valence-corrected chi connectivity index (χ1v) is 8.07. The van der Waals surface area contributed by atoms with Crippen LogP contribution in [0.25, 0.3) is 0 Å². The predicted octanol–water partition coefficient (Wildman–Crippen LogP) is 3.82. The fourth-order valence-corrected chi connectivity index (χ4v) is 4.80. The molecule has 90 valence electrons. The molecule has 0 saturated carbocycles. The van der Waals surface area contributed by atoms with Crippen LogP contribution in [0.2, 0.25) is 4.34 Å². The standard InChI is InChI=1S/C12H18ClNS2/c1-14-10(11-4-2-3-7-15-11)8-9-5-6-12(13)16-9/h5-6,10-11,14H,2-4,7-8H2,1H3. The Morgan fingerprint density at radius 1 is 1.50 bits per heavy atom. The van der Waals surface area contributed by atoms with Crippen LogP contribution in [0.4, 0.5) is 0 Å². The quantitative estimate of drug-likeness (QED) is 0.897. The van der Waals surface area contributed by atoms with Crippen LogP contribution < -0.4 is 5.32 Å². The number of thioether (sulfide) groups is 1. The third-order valence-corrected chi connectivity index (χ3v) is 5.85. The summed E-state index contributed by atoms with van der Waals surface area (Å²) < 4.78 is 0.904. The summed E-state index contributed by atoms with van der Waals surface area (Å²) in [5.41, 5.74) is 0. The van der Waals surface area contributed by atoms with E-state index in [2.05, 4.69) is 30.2 Å². The third-order valence-electron chi connectivity index (χ3n) is 3.08. The van der Waals surface area contributed by atoms with Crippen LogP contribution in [0, 0.1) is 0 Å². The van der Waals surface area contributed by atoms with Crippen LogP contribution in [-0.4, -0.2) is 24.1 Å². The number of likely N-dealkylation sites (N-methyl/N-ethyl adjacent to an activating group) is 1. The molecule has 1 nitrogen and oxygen atoms in total. The average molecular weight is 276 g/mol. The van der Waals surface area contributed by atoms with Crippen LogP contribution in [0.3, 0.4) is 0 Å². The normalized spacial score (nSPS) is 23.2. The molecule has 0 radical (unpaired) electrons. The summed E-state index contributed by atoms with van der Waals surface area (Å²) in [6.45, 7) is 0. The van der Waals surface area contributed by atoms with Crippen LogP contribution in [0.5, 0.6) is 0 Å². The lowest BCUT2D eigenvalue weighted by Gasteiger charge is -2.29. The summed E-state index contributed by atoms with van der Waals surface area (Å²) in [6.07, 6.45) is 5.25. The summed E-state index contributed by atoms with van der Waals surface area (Å²) >= 11 is 9.81. The Balaban J connectivity index is 1.94.